The first-order valence-corrected chi connectivity index (χ1v) is 17.4. The van der Waals surface area contributed by atoms with Gasteiger partial charge in [0.15, 0.2) is 17.5 Å². The van der Waals surface area contributed by atoms with Gasteiger partial charge in [-0.1, -0.05) is 133 Å². The molecule has 47 heavy (non-hydrogen) atoms. The Bertz CT molecular complexity index is 2370. The molecule has 0 aliphatic carbocycles. The summed E-state index contributed by atoms with van der Waals surface area (Å²) >= 11 is 0. The lowest BCUT2D eigenvalue weighted by molar-refractivity contribution is 1.07. The van der Waals surface area contributed by atoms with Gasteiger partial charge in [0.1, 0.15) is 0 Å². The van der Waals surface area contributed by atoms with Crippen molar-refractivity contribution in [1.82, 2.24) is 15.0 Å². The molecule has 0 spiro atoms. The van der Waals surface area contributed by atoms with E-state index in [1.807, 2.05) is 18.2 Å². The summed E-state index contributed by atoms with van der Waals surface area (Å²) in [4.78, 5) is 20.8. The molecule has 0 atom stereocenters. The van der Waals surface area contributed by atoms with Crippen LogP contribution in [-0.2, 0) is 0 Å². The summed E-state index contributed by atoms with van der Waals surface area (Å²) in [6.45, 7) is 0. The van der Waals surface area contributed by atoms with Gasteiger partial charge in [0, 0.05) is 41.8 Å². The highest BCUT2D eigenvalue weighted by atomic mass is 32.3. The van der Waals surface area contributed by atoms with E-state index in [9.17, 15) is 0 Å². The van der Waals surface area contributed by atoms with E-state index < -0.39 is 10.0 Å². The van der Waals surface area contributed by atoms with Gasteiger partial charge in [-0.25, -0.2) is 15.0 Å². The minimum Gasteiger partial charge on any atom is -0.208 e. The van der Waals surface area contributed by atoms with Crippen LogP contribution in [-0.4, -0.2) is 15.0 Å². The molecular weight excluding hydrogens is 591 g/mol. The van der Waals surface area contributed by atoms with Crippen LogP contribution >= 0.6 is 10.0 Å². The number of fused-ring (bicyclic) bond motifs is 4. The van der Waals surface area contributed by atoms with Crippen LogP contribution in [0.1, 0.15) is 0 Å². The van der Waals surface area contributed by atoms with Crippen LogP contribution in [0.25, 0.3) is 56.1 Å². The van der Waals surface area contributed by atoms with Gasteiger partial charge in [-0.15, -0.1) is 10.0 Å². The van der Waals surface area contributed by atoms with E-state index in [2.05, 4.69) is 158 Å². The van der Waals surface area contributed by atoms with Crippen molar-refractivity contribution >= 4 is 20.8 Å². The Morgan fingerprint density at radius 1 is 0.340 bits per heavy atom. The first kappa shape index (κ1) is 27.5. The third kappa shape index (κ3) is 4.41. The van der Waals surface area contributed by atoms with Gasteiger partial charge in [0.2, 0.25) is 0 Å². The summed E-state index contributed by atoms with van der Waals surface area (Å²) in [6.07, 6.45) is 0. The van der Waals surface area contributed by atoms with Crippen molar-refractivity contribution in [2.75, 3.05) is 0 Å². The Kier molecular flexibility index (Phi) is 6.54. The summed E-state index contributed by atoms with van der Waals surface area (Å²) in [6, 6.07) is 62.6. The smallest absolute Gasteiger partial charge is 0.164 e. The molecule has 0 fully saturated rings. The van der Waals surface area contributed by atoms with Crippen molar-refractivity contribution in [1.29, 1.82) is 0 Å². The number of hydrogen-bond acceptors (Lipinski definition) is 3. The predicted molar refractivity (Wildman–Crippen MR) is 193 cm³/mol. The third-order valence-corrected chi connectivity index (χ3v) is 12.9. The van der Waals surface area contributed by atoms with E-state index in [1.165, 1.54) is 36.1 Å². The molecule has 2 heterocycles. The highest BCUT2D eigenvalue weighted by Crippen LogP contribution is 2.80. The van der Waals surface area contributed by atoms with E-state index in [0.29, 0.717) is 17.5 Å². The Morgan fingerprint density at radius 3 is 1.60 bits per heavy atom. The SMILES string of the molecule is c1ccc(-c2nc(-c3ccc4ccccc4c3)nc(-c3cccc4c3-c3ccccc3S4(c3ccccc3)c3ccccc3)n2)cc1. The summed E-state index contributed by atoms with van der Waals surface area (Å²) in [5.41, 5.74) is 5.36. The zero-order chi connectivity index (χ0) is 31.2. The summed E-state index contributed by atoms with van der Waals surface area (Å²) < 4.78 is 0. The second-order valence-corrected chi connectivity index (χ2v) is 14.7. The molecule has 0 radical (unpaired) electrons. The van der Waals surface area contributed by atoms with Crippen LogP contribution in [0.3, 0.4) is 0 Å². The highest BCUT2D eigenvalue weighted by Gasteiger charge is 2.43. The molecule has 8 aromatic rings. The molecule has 0 unspecified atom stereocenters. The van der Waals surface area contributed by atoms with Crippen LogP contribution in [0, 0.1) is 0 Å². The van der Waals surface area contributed by atoms with Crippen molar-refractivity contribution in [3.63, 3.8) is 0 Å². The van der Waals surface area contributed by atoms with Crippen LogP contribution < -0.4 is 0 Å². The van der Waals surface area contributed by atoms with Crippen LogP contribution in [0.5, 0.6) is 0 Å². The Hall–Kier alpha value is -5.84. The molecule has 9 rings (SSSR count). The molecule has 0 bridgehead atoms. The maximum Gasteiger partial charge on any atom is 0.164 e. The fourth-order valence-corrected chi connectivity index (χ4v) is 11.1. The maximum absolute atomic E-state index is 5.24. The molecule has 1 aliphatic heterocycles. The molecule has 4 heteroatoms. The molecular formula is C43H29N3S. The standard InChI is InChI=1S/C43H29N3S/c1-4-16-31(17-5-1)41-44-42(33-28-27-30-15-10-11-18-32(30)29-33)46-43(45-41)37-24-14-26-39-40(37)36-23-12-13-25-38(36)47(39,34-19-6-2-7-20-34)35-21-8-3-9-22-35/h1-29H. The number of aromatic nitrogens is 3. The molecule has 0 amide bonds. The lowest BCUT2D eigenvalue weighted by Gasteiger charge is -2.39. The quantitative estimate of drug-likeness (QED) is 0.192. The van der Waals surface area contributed by atoms with Gasteiger partial charge >= 0.3 is 0 Å². The lowest BCUT2D eigenvalue weighted by atomic mass is 9.99. The Balaban J connectivity index is 1.34. The predicted octanol–water partition coefficient (Wildman–Crippen LogP) is 11.3. The summed E-state index contributed by atoms with van der Waals surface area (Å²) in [5, 5.41) is 2.34. The summed E-state index contributed by atoms with van der Waals surface area (Å²) in [7, 11) is -1.79. The largest absolute Gasteiger partial charge is 0.208 e. The first-order valence-electron chi connectivity index (χ1n) is 15.8. The van der Waals surface area contributed by atoms with Crippen molar-refractivity contribution in [2.24, 2.45) is 0 Å². The number of nitrogens with zero attached hydrogens (tertiary/aromatic N) is 3. The van der Waals surface area contributed by atoms with Crippen molar-refractivity contribution in [2.45, 2.75) is 19.6 Å². The minimum absolute atomic E-state index is 0.660. The van der Waals surface area contributed by atoms with Crippen molar-refractivity contribution in [3.05, 3.63) is 176 Å². The number of hydrogen-bond donors (Lipinski definition) is 0. The first-order chi connectivity index (χ1) is 23.3. The Morgan fingerprint density at radius 2 is 0.872 bits per heavy atom. The minimum atomic E-state index is -1.79. The normalized spacial score (nSPS) is 13.5. The summed E-state index contributed by atoms with van der Waals surface area (Å²) in [5.74, 6) is 1.99. The fraction of sp³-hybridized carbons (Fsp3) is 0. The van der Waals surface area contributed by atoms with Crippen LogP contribution in [0.4, 0.5) is 0 Å². The average molecular weight is 620 g/mol. The second-order valence-electron chi connectivity index (χ2n) is 11.6. The van der Waals surface area contributed by atoms with E-state index in [0.717, 1.165) is 22.1 Å². The van der Waals surface area contributed by atoms with E-state index in [4.69, 9.17) is 15.0 Å². The molecule has 7 aromatic carbocycles. The fourth-order valence-electron chi connectivity index (χ4n) is 6.87. The van der Waals surface area contributed by atoms with E-state index in [-0.39, 0.29) is 0 Å². The second kappa shape index (κ2) is 11.2. The molecule has 1 aliphatic rings. The average Bonchev–Trinajstić information content (AvgIpc) is 3.47. The zero-order valence-corrected chi connectivity index (χ0v) is 26.3. The van der Waals surface area contributed by atoms with Crippen molar-refractivity contribution < 1.29 is 0 Å². The van der Waals surface area contributed by atoms with Gasteiger partial charge in [-0.05, 0) is 58.8 Å². The number of benzene rings is 7. The molecule has 0 saturated carbocycles. The highest BCUT2D eigenvalue weighted by molar-refractivity contribution is 8.34. The topological polar surface area (TPSA) is 38.7 Å². The van der Waals surface area contributed by atoms with Crippen LogP contribution in [0.2, 0.25) is 0 Å². The maximum atomic E-state index is 5.24. The number of rotatable bonds is 5. The van der Waals surface area contributed by atoms with E-state index >= 15 is 0 Å². The van der Waals surface area contributed by atoms with Gasteiger partial charge < -0.3 is 0 Å². The van der Waals surface area contributed by atoms with E-state index in [1.54, 1.807) is 0 Å². The monoisotopic (exact) mass is 619 g/mol. The van der Waals surface area contributed by atoms with Gasteiger partial charge in [0.05, 0.1) is 0 Å². The van der Waals surface area contributed by atoms with Crippen molar-refractivity contribution in [3.8, 4) is 45.3 Å². The van der Waals surface area contributed by atoms with Gasteiger partial charge in [0.25, 0.3) is 0 Å². The molecule has 3 nitrogen and oxygen atoms in total. The van der Waals surface area contributed by atoms with Crippen LogP contribution in [0.15, 0.2) is 196 Å². The van der Waals surface area contributed by atoms with Gasteiger partial charge in [-0.3, -0.25) is 0 Å². The molecule has 1 aromatic heterocycles. The molecule has 0 saturated heterocycles. The molecule has 222 valence electrons. The molecule has 0 N–H and O–H groups in total. The zero-order valence-electron chi connectivity index (χ0n) is 25.5. The Labute approximate surface area is 275 Å². The lowest BCUT2D eigenvalue weighted by Crippen LogP contribution is -2.03. The third-order valence-electron chi connectivity index (χ3n) is 8.95. The van der Waals surface area contributed by atoms with Gasteiger partial charge in [-0.2, -0.15) is 0 Å².